The molecular weight excluding hydrogens is 426 g/mol. The first-order chi connectivity index (χ1) is 12.0. The van der Waals surface area contributed by atoms with E-state index in [1.54, 1.807) is 23.5 Å². The van der Waals surface area contributed by atoms with Gasteiger partial charge in [0.05, 0.1) is 12.8 Å². The van der Waals surface area contributed by atoms with E-state index in [1.165, 1.54) is 26.0 Å². The molecule has 0 unspecified atom stereocenters. The van der Waals surface area contributed by atoms with Gasteiger partial charge in [-0.1, -0.05) is 15.9 Å². The van der Waals surface area contributed by atoms with Crippen molar-refractivity contribution in [2.24, 2.45) is 0 Å². The average molecular weight is 446 g/mol. The number of halogens is 1. The van der Waals surface area contributed by atoms with Gasteiger partial charge in [-0.3, -0.25) is 0 Å². The van der Waals surface area contributed by atoms with Crippen LogP contribution in [0.25, 0.3) is 0 Å². The van der Waals surface area contributed by atoms with Gasteiger partial charge in [-0.25, -0.2) is 18.1 Å². The zero-order valence-corrected chi connectivity index (χ0v) is 17.1. The van der Waals surface area contributed by atoms with Crippen LogP contribution in [-0.4, -0.2) is 40.1 Å². The molecule has 2 heterocycles. The molecule has 0 bridgehead atoms. The van der Waals surface area contributed by atoms with E-state index in [-0.39, 0.29) is 4.90 Å². The molecule has 0 radical (unpaired) electrons. The van der Waals surface area contributed by atoms with Crippen molar-refractivity contribution in [3.8, 4) is 5.75 Å². The van der Waals surface area contributed by atoms with E-state index in [9.17, 15) is 8.42 Å². The number of nitrogens with one attached hydrogen (secondary N) is 1. The van der Waals surface area contributed by atoms with Crippen LogP contribution in [-0.2, 0) is 16.4 Å². The van der Waals surface area contributed by atoms with Crippen LogP contribution in [0.2, 0.25) is 0 Å². The highest BCUT2D eigenvalue weighted by molar-refractivity contribution is 9.10. The zero-order chi connectivity index (χ0) is 17.9. The molecule has 0 saturated carbocycles. The molecule has 0 spiro atoms. The fourth-order valence-electron chi connectivity index (χ4n) is 2.72. The Morgan fingerprint density at radius 2 is 2.12 bits per heavy atom. The van der Waals surface area contributed by atoms with Crippen molar-refractivity contribution in [1.29, 1.82) is 0 Å². The Balaban J connectivity index is 1.62. The second-order valence-electron chi connectivity index (χ2n) is 5.76. The van der Waals surface area contributed by atoms with Crippen LogP contribution in [0.1, 0.15) is 18.5 Å². The van der Waals surface area contributed by atoms with Crippen LogP contribution in [0.4, 0.5) is 5.13 Å². The Hall–Kier alpha value is -1.16. The molecule has 0 amide bonds. The van der Waals surface area contributed by atoms with Gasteiger partial charge in [0.2, 0.25) is 10.0 Å². The number of rotatable bonds is 7. The van der Waals surface area contributed by atoms with Crippen molar-refractivity contribution in [2.45, 2.75) is 24.2 Å². The lowest BCUT2D eigenvalue weighted by Gasteiger charge is -2.12. The first-order valence-electron chi connectivity index (χ1n) is 8.02. The summed E-state index contributed by atoms with van der Waals surface area (Å²) in [5.41, 5.74) is 0.913. The molecule has 1 aliphatic heterocycles. The monoisotopic (exact) mass is 445 g/mol. The van der Waals surface area contributed by atoms with Crippen LogP contribution in [0, 0.1) is 0 Å². The number of hydrogen-bond acceptors (Lipinski definition) is 6. The quantitative estimate of drug-likeness (QED) is 0.708. The Morgan fingerprint density at radius 3 is 2.84 bits per heavy atom. The molecule has 0 atom stereocenters. The Labute approximate surface area is 160 Å². The molecule has 9 heteroatoms. The first-order valence-corrected chi connectivity index (χ1v) is 11.2. The van der Waals surface area contributed by atoms with Gasteiger partial charge in [-0.05, 0) is 31.0 Å². The van der Waals surface area contributed by atoms with E-state index in [0.29, 0.717) is 23.2 Å². The molecule has 3 rings (SSSR count). The van der Waals surface area contributed by atoms with Crippen molar-refractivity contribution < 1.29 is 13.2 Å². The summed E-state index contributed by atoms with van der Waals surface area (Å²) >= 11 is 4.92. The van der Waals surface area contributed by atoms with Gasteiger partial charge in [-0.15, -0.1) is 11.3 Å². The summed E-state index contributed by atoms with van der Waals surface area (Å²) in [7, 11) is -2.19. The van der Waals surface area contributed by atoms with Crippen molar-refractivity contribution in [2.75, 3.05) is 31.6 Å². The lowest BCUT2D eigenvalue weighted by atomic mass is 10.3. The maximum atomic E-state index is 12.5. The predicted octanol–water partition coefficient (Wildman–Crippen LogP) is 3.04. The summed E-state index contributed by atoms with van der Waals surface area (Å²) in [6, 6.07) is 4.91. The molecule has 1 aliphatic rings. The summed E-state index contributed by atoms with van der Waals surface area (Å²) in [6.07, 6.45) is 2.98. The fraction of sp³-hybridized carbons (Fsp3) is 0.438. The molecule has 2 aromatic rings. The van der Waals surface area contributed by atoms with Gasteiger partial charge < -0.3 is 9.64 Å². The van der Waals surface area contributed by atoms with Crippen LogP contribution in [0.3, 0.4) is 0 Å². The predicted molar refractivity (Wildman–Crippen MR) is 103 cm³/mol. The normalized spacial score (nSPS) is 14.9. The molecule has 25 heavy (non-hydrogen) atoms. The molecule has 1 aromatic carbocycles. The molecule has 1 N–H and O–H groups in total. The summed E-state index contributed by atoms with van der Waals surface area (Å²) in [4.78, 5) is 7.02. The van der Waals surface area contributed by atoms with Crippen molar-refractivity contribution >= 4 is 42.4 Å². The third-order valence-electron chi connectivity index (χ3n) is 4.00. The Kier molecular flexibility index (Phi) is 5.98. The van der Waals surface area contributed by atoms with Crippen molar-refractivity contribution in [3.63, 3.8) is 0 Å². The van der Waals surface area contributed by atoms with Crippen LogP contribution in [0.15, 0.2) is 32.9 Å². The zero-order valence-electron chi connectivity index (χ0n) is 13.9. The third kappa shape index (κ3) is 4.52. The van der Waals surface area contributed by atoms with Gasteiger partial charge in [0.25, 0.3) is 0 Å². The lowest BCUT2D eigenvalue weighted by molar-refractivity contribution is 0.402. The van der Waals surface area contributed by atoms with Crippen LogP contribution < -0.4 is 14.4 Å². The van der Waals surface area contributed by atoms with E-state index in [1.807, 2.05) is 5.38 Å². The molecule has 136 valence electrons. The van der Waals surface area contributed by atoms with E-state index in [4.69, 9.17) is 4.74 Å². The Morgan fingerprint density at radius 1 is 1.36 bits per heavy atom. The van der Waals surface area contributed by atoms with Gasteiger partial charge in [0, 0.05) is 35.9 Å². The molecule has 1 aromatic heterocycles. The Bertz CT molecular complexity index is 833. The minimum absolute atomic E-state index is 0.125. The second kappa shape index (κ2) is 8.03. The number of hydrogen-bond donors (Lipinski definition) is 1. The highest BCUT2D eigenvalue weighted by atomic mass is 79.9. The summed E-state index contributed by atoms with van der Waals surface area (Å²) in [5.74, 6) is 0.320. The minimum atomic E-state index is -3.64. The molecule has 1 fully saturated rings. The highest BCUT2D eigenvalue weighted by Crippen LogP contribution is 2.27. The summed E-state index contributed by atoms with van der Waals surface area (Å²) in [6.45, 7) is 2.41. The maximum Gasteiger partial charge on any atom is 0.244 e. The fourth-order valence-corrected chi connectivity index (χ4v) is 5.37. The largest absolute Gasteiger partial charge is 0.495 e. The topological polar surface area (TPSA) is 71.5 Å². The van der Waals surface area contributed by atoms with Gasteiger partial charge in [0.1, 0.15) is 10.6 Å². The smallest absolute Gasteiger partial charge is 0.244 e. The van der Waals surface area contributed by atoms with Crippen molar-refractivity contribution in [3.05, 3.63) is 33.7 Å². The number of methoxy groups -OCH3 is 1. The van der Waals surface area contributed by atoms with E-state index < -0.39 is 10.0 Å². The maximum absolute atomic E-state index is 12.5. The number of aromatic nitrogens is 1. The van der Waals surface area contributed by atoms with E-state index in [2.05, 4.69) is 30.5 Å². The summed E-state index contributed by atoms with van der Waals surface area (Å²) < 4.78 is 33.5. The van der Waals surface area contributed by atoms with E-state index >= 15 is 0 Å². The second-order valence-corrected chi connectivity index (χ2v) is 9.25. The minimum Gasteiger partial charge on any atom is -0.495 e. The lowest BCUT2D eigenvalue weighted by Crippen LogP contribution is -2.26. The number of thiazole rings is 1. The first kappa shape index (κ1) is 18.6. The summed E-state index contributed by atoms with van der Waals surface area (Å²) in [5, 5.41) is 3.03. The number of benzene rings is 1. The molecular formula is C16H20BrN3O3S2. The number of anilines is 1. The van der Waals surface area contributed by atoms with Gasteiger partial charge in [-0.2, -0.15) is 0 Å². The third-order valence-corrected chi connectivity index (χ3v) is 6.93. The molecule has 0 aliphatic carbocycles. The number of sulfonamides is 1. The van der Waals surface area contributed by atoms with E-state index in [0.717, 1.165) is 23.9 Å². The molecule has 1 saturated heterocycles. The van der Waals surface area contributed by atoms with Gasteiger partial charge >= 0.3 is 0 Å². The van der Waals surface area contributed by atoms with Gasteiger partial charge in [0.15, 0.2) is 5.13 Å². The number of ether oxygens (including phenoxy) is 1. The SMILES string of the molecule is COc1ccc(Br)cc1S(=O)(=O)NCCc1csc(N2CCCC2)n1. The van der Waals surface area contributed by atoms with Crippen LogP contribution >= 0.6 is 27.3 Å². The van der Waals surface area contributed by atoms with Crippen molar-refractivity contribution in [1.82, 2.24) is 9.71 Å². The number of nitrogens with zero attached hydrogens (tertiary/aromatic N) is 2. The highest BCUT2D eigenvalue weighted by Gasteiger charge is 2.20. The van der Waals surface area contributed by atoms with Crippen LogP contribution in [0.5, 0.6) is 5.75 Å². The standard InChI is InChI=1S/C16H20BrN3O3S2/c1-23-14-5-4-12(17)10-15(14)25(21,22)18-7-6-13-11-24-16(19-13)20-8-2-3-9-20/h4-5,10-11,18H,2-3,6-9H2,1H3. The molecule has 6 nitrogen and oxygen atoms in total. The average Bonchev–Trinajstić information content (AvgIpc) is 3.26.